The minimum atomic E-state index is -1.09. The SMILES string of the molecule is COc1ccc(Cl)c2ccc(/C=C3/SC(=S)N([C@H](C(=O)O)C(C)C)C3=O)nc12. The normalized spacial score (nSPS) is 17.0. The molecule has 0 bridgehead atoms. The van der Waals surface area contributed by atoms with Gasteiger partial charge in [-0.3, -0.25) is 9.69 Å². The van der Waals surface area contributed by atoms with E-state index in [4.69, 9.17) is 28.6 Å². The molecule has 2 aromatic rings. The number of benzene rings is 1. The molecule has 1 N–H and O–H groups in total. The van der Waals surface area contributed by atoms with Gasteiger partial charge in [0.15, 0.2) is 0 Å². The number of hydrogen-bond donors (Lipinski definition) is 1. The largest absolute Gasteiger partial charge is 0.494 e. The number of carboxylic acid groups (broad SMARTS) is 1. The first-order chi connectivity index (χ1) is 13.2. The van der Waals surface area contributed by atoms with Crippen LogP contribution in [0.25, 0.3) is 17.0 Å². The summed E-state index contributed by atoms with van der Waals surface area (Å²) in [6, 6.07) is 5.97. The quantitative estimate of drug-likeness (QED) is 0.555. The van der Waals surface area contributed by atoms with Gasteiger partial charge >= 0.3 is 5.97 Å². The number of rotatable bonds is 5. The van der Waals surface area contributed by atoms with Crippen LogP contribution in [0.15, 0.2) is 29.2 Å². The van der Waals surface area contributed by atoms with Crippen LogP contribution in [0.5, 0.6) is 5.75 Å². The van der Waals surface area contributed by atoms with Crippen LogP contribution in [0.1, 0.15) is 19.5 Å². The van der Waals surface area contributed by atoms with E-state index in [1.165, 1.54) is 0 Å². The Labute approximate surface area is 176 Å². The molecule has 1 aliphatic heterocycles. The summed E-state index contributed by atoms with van der Waals surface area (Å²) in [7, 11) is 1.54. The number of aliphatic carboxylic acids is 1. The number of fused-ring (bicyclic) bond motifs is 1. The van der Waals surface area contributed by atoms with Crippen LogP contribution < -0.4 is 4.74 Å². The third kappa shape index (κ3) is 3.72. The van der Waals surface area contributed by atoms with Gasteiger partial charge < -0.3 is 9.84 Å². The number of carbonyl (C=O) groups is 2. The summed E-state index contributed by atoms with van der Waals surface area (Å²) >= 11 is 12.5. The topological polar surface area (TPSA) is 79.7 Å². The molecule has 1 saturated heterocycles. The van der Waals surface area contributed by atoms with Gasteiger partial charge in [-0.2, -0.15) is 0 Å². The van der Waals surface area contributed by atoms with Crippen molar-refractivity contribution in [3.8, 4) is 5.75 Å². The molecular weight excluding hydrogens is 420 g/mol. The maximum Gasteiger partial charge on any atom is 0.327 e. The van der Waals surface area contributed by atoms with E-state index in [2.05, 4.69) is 4.98 Å². The lowest BCUT2D eigenvalue weighted by molar-refractivity contribution is -0.146. The average Bonchev–Trinajstić information content (AvgIpc) is 2.89. The number of thioether (sulfide) groups is 1. The summed E-state index contributed by atoms with van der Waals surface area (Å²) < 4.78 is 5.56. The first kappa shape index (κ1) is 20.6. The fourth-order valence-electron chi connectivity index (χ4n) is 2.97. The Morgan fingerprint density at radius 1 is 1.36 bits per heavy atom. The highest BCUT2D eigenvalue weighted by Crippen LogP contribution is 2.36. The Morgan fingerprint density at radius 3 is 2.68 bits per heavy atom. The van der Waals surface area contributed by atoms with E-state index in [0.29, 0.717) is 26.9 Å². The Hall–Kier alpha value is -2.16. The molecule has 6 nitrogen and oxygen atoms in total. The van der Waals surface area contributed by atoms with Crippen molar-refractivity contribution < 1.29 is 19.4 Å². The molecular formula is C19H17ClN2O4S2. The maximum atomic E-state index is 12.8. The fraction of sp³-hybridized carbons (Fsp3) is 0.263. The van der Waals surface area contributed by atoms with Crippen LogP contribution in [0.2, 0.25) is 5.02 Å². The standard InChI is InChI=1S/C19H17ClN2O4S2/c1-9(2)16(18(24)25)22-17(23)14(28-19(22)27)8-10-4-5-11-12(20)6-7-13(26-3)15(11)21-10/h4-9,16H,1-3H3,(H,24,25)/b14-8+/t16-/m0/s1. The molecule has 0 saturated carbocycles. The summed E-state index contributed by atoms with van der Waals surface area (Å²) in [6.07, 6.45) is 1.60. The molecule has 0 spiro atoms. The highest BCUT2D eigenvalue weighted by molar-refractivity contribution is 8.26. The number of carboxylic acids is 1. The molecule has 1 aromatic heterocycles. The Morgan fingerprint density at radius 2 is 2.07 bits per heavy atom. The molecule has 2 heterocycles. The van der Waals surface area contributed by atoms with Crippen LogP contribution in [0, 0.1) is 5.92 Å². The molecule has 1 fully saturated rings. The van der Waals surface area contributed by atoms with E-state index in [1.807, 2.05) is 0 Å². The van der Waals surface area contributed by atoms with Crippen LogP contribution in [0.3, 0.4) is 0 Å². The van der Waals surface area contributed by atoms with Crippen molar-refractivity contribution in [3.05, 3.63) is 39.9 Å². The number of ether oxygens (including phenoxy) is 1. The van der Waals surface area contributed by atoms with Crippen molar-refractivity contribution in [3.63, 3.8) is 0 Å². The van der Waals surface area contributed by atoms with Crippen molar-refractivity contribution in [2.45, 2.75) is 19.9 Å². The predicted molar refractivity (Wildman–Crippen MR) is 115 cm³/mol. The summed E-state index contributed by atoms with van der Waals surface area (Å²) in [4.78, 5) is 30.5. The predicted octanol–water partition coefficient (Wildman–Crippen LogP) is 4.21. The molecule has 0 aliphatic carbocycles. The van der Waals surface area contributed by atoms with Crippen molar-refractivity contribution in [1.29, 1.82) is 0 Å². The zero-order chi connectivity index (χ0) is 20.6. The smallest absolute Gasteiger partial charge is 0.327 e. The minimum absolute atomic E-state index is 0.221. The van der Waals surface area contributed by atoms with Crippen molar-refractivity contribution in [1.82, 2.24) is 9.88 Å². The molecule has 0 radical (unpaired) electrons. The molecule has 0 unspecified atom stereocenters. The van der Waals surface area contributed by atoms with Gasteiger partial charge in [0.05, 0.1) is 22.7 Å². The lowest BCUT2D eigenvalue weighted by atomic mass is 10.0. The fourth-order valence-corrected chi connectivity index (χ4v) is 4.49. The molecule has 9 heteroatoms. The van der Waals surface area contributed by atoms with Crippen LogP contribution in [-0.2, 0) is 9.59 Å². The number of carbonyl (C=O) groups excluding carboxylic acids is 1. The second kappa shape index (κ2) is 8.06. The molecule has 3 rings (SSSR count). The van der Waals surface area contributed by atoms with E-state index in [1.54, 1.807) is 51.3 Å². The molecule has 1 amide bonds. The van der Waals surface area contributed by atoms with Crippen molar-refractivity contribution in [2.75, 3.05) is 7.11 Å². The van der Waals surface area contributed by atoms with Crippen LogP contribution in [0.4, 0.5) is 0 Å². The van der Waals surface area contributed by atoms with Gasteiger partial charge in [0.1, 0.15) is 21.6 Å². The average molecular weight is 437 g/mol. The molecule has 1 atom stereocenters. The summed E-state index contributed by atoms with van der Waals surface area (Å²) in [5, 5.41) is 10.8. The number of halogens is 1. The zero-order valence-electron chi connectivity index (χ0n) is 15.3. The summed E-state index contributed by atoms with van der Waals surface area (Å²) in [5.74, 6) is -1.25. The van der Waals surface area contributed by atoms with Gasteiger partial charge in [-0.25, -0.2) is 9.78 Å². The summed E-state index contributed by atoms with van der Waals surface area (Å²) in [6.45, 7) is 3.48. The number of hydrogen-bond acceptors (Lipinski definition) is 6. The van der Waals surface area contributed by atoms with E-state index in [9.17, 15) is 14.7 Å². The number of thiocarbonyl (C=S) groups is 1. The van der Waals surface area contributed by atoms with E-state index in [0.717, 1.165) is 22.0 Å². The second-order valence-corrected chi connectivity index (χ2v) is 8.54. The Kier molecular flexibility index (Phi) is 5.92. The molecule has 28 heavy (non-hydrogen) atoms. The lowest BCUT2D eigenvalue weighted by Gasteiger charge is -2.26. The second-order valence-electron chi connectivity index (χ2n) is 6.46. The molecule has 146 valence electrons. The van der Waals surface area contributed by atoms with Gasteiger partial charge in [0, 0.05) is 5.39 Å². The van der Waals surface area contributed by atoms with E-state index >= 15 is 0 Å². The Balaban J connectivity index is 2.01. The van der Waals surface area contributed by atoms with Gasteiger partial charge in [-0.1, -0.05) is 49.4 Å². The number of amides is 1. The highest BCUT2D eigenvalue weighted by Gasteiger charge is 2.41. The van der Waals surface area contributed by atoms with Crippen LogP contribution >= 0.6 is 35.6 Å². The molecule has 1 aliphatic rings. The zero-order valence-corrected chi connectivity index (χ0v) is 17.7. The van der Waals surface area contributed by atoms with Gasteiger partial charge in [0.25, 0.3) is 5.91 Å². The summed E-state index contributed by atoms with van der Waals surface area (Å²) in [5.41, 5.74) is 1.09. The highest BCUT2D eigenvalue weighted by atomic mass is 35.5. The monoisotopic (exact) mass is 436 g/mol. The maximum absolute atomic E-state index is 12.8. The lowest BCUT2D eigenvalue weighted by Crippen LogP contribution is -2.47. The van der Waals surface area contributed by atoms with Gasteiger partial charge in [-0.05, 0) is 36.3 Å². The number of aromatic nitrogens is 1. The van der Waals surface area contributed by atoms with E-state index < -0.39 is 17.9 Å². The van der Waals surface area contributed by atoms with Crippen molar-refractivity contribution in [2.24, 2.45) is 5.92 Å². The Bertz CT molecular complexity index is 1020. The van der Waals surface area contributed by atoms with Crippen molar-refractivity contribution >= 4 is 68.8 Å². The van der Waals surface area contributed by atoms with Gasteiger partial charge in [0.2, 0.25) is 0 Å². The molecule has 1 aromatic carbocycles. The third-order valence-electron chi connectivity index (χ3n) is 4.27. The first-order valence-electron chi connectivity index (χ1n) is 8.37. The van der Waals surface area contributed by atoms with Gasteiger partial charge in [-0.15, -0.1) is 0 Å². The number of pyridine rings is 1. The van der Waals surface area contributed by atoms with Crippen LogP contribution in [-0.4, -0.2) is 44.3 Å². The number of methoxy groups -OCH3 is 1. The van der Waals surface area contributed by atoms with E-state index in [-0.39, 0.29) is 10.2 Å². The minimum Gasteiger partial charge on any atom is -0.494 e. The third-order valence-corrected chi connectivity index (χ3v) is 5.93. The number of nitrogens with zero attached hydrogens (tertiary/aromatic N) is 2. The first-order valence-corrected chi connectivity index (χ1v) is 9.98.